The van der Waals surface area contributed by atoms with E-state index in [0.29, 0.717) is 17.4 Å². The summed E-state index contributed by atoms with van der Waals surface area (Å²) in [4.78, 5) is 10.6. The van der Waals surface area contributed by atoms with Crippen molar-refractivity contribution in [3.63, 3.8) is 0 Å². The number of benzene rings is 1. The summed E-state index contributed by atoms with van der Waals surface area (Å²) in [7, 11) is 0. The van der Waals surface area contributed by atoms with E-state index in [2.05, 4.69) is 0 Å². The third kappa shape index (κ3) is 1.93. The summed E-state index contributed by atoms with van der Waals surface area (Å²) in [6.07, 6.45) is 0.429. The lowest BCUT2D eigenvalue weighted by Crippen LogP contribution is -2.35. The summed E-state index contributed by atoms with van der Waals surface area (Å²) in [5, 5.41) is 11.4. The van der Waals surface area contributed by atoms with Gasteiger partial charge in [-0.15, -0.1) is 0 Å². The Bertz CT molecular complexity index is 493. The summed E-state index contributed by atoms with van der Waals surface area (Å²) < 4.78 is 11.2. The molecule has 2 heterocycles. The van der Waals surface area contributed by atoms with E-state index in [1.54, 1.807) is 18.2 Å². The van der Waals surface area contributed by atoms with E-state index in [4.69, 9.17) is 21.1 Å². The molecule has 2 aliphatic heterocycles. The maximum atomic E-state index is 10.8. The highest BCUT2D eigenvalue weighted by atomic mass is 35.5. The van der Waals surface area contributed by atoms with Crippen LogP contribution >= 0.6 is 11.6 Å². The minimum atomic E-state index is -0.358. The van der Waals surface area contributed by atoms with Crippen molar-refractivity contribution in [3.05, 3.63) is 38.9 Å². The molecule has 0 bridgehead atoms. The van der Waals surface area contributed by atoms with Crippen molar-refractivity contribution in [2.75, 3.05) is 13.2 Å². The van der Waals surface area contributed by atoms with Gasteiger partial charge in [-0.05, 0) is 24.6 Å². The van der Waals surface area contributed by atoms with Crippen molar-refractivity contribution in [2.45, 2.75) is 18.6 Å². The maximum absolute atomic E-state index is 10.8. The van der Waals surface area contributed by atoms with Crippen LogP contribution in [0.1, 0.15) is 17.9 Å². The highest BCUT2D eigenvalue weighted by Crippen LogP contribution is 2.45. The zero-order chi connectivity index (χ0) is 12.7. The molecule has 18 heavy (non-hydrogen) atoms. The molecule has 0 aromatic heterocycles. The number of nitrogens with zero attached hydrogens (tertiary/aromatic N) is 1. The summed E-state index contributed by atoms with van der Waals surface area (Å²) in [6.45, 7) is 0.479. The minimum absolute atomic E-state index is 0.0429. The number of rotatable bonds is 2. The van der Waals surface area contributed by atoms with Crippen molar-refractivity contribution >= 4 is 11.6 Å². The Kier molecular flexibility index (Phi) is 2.87. The van der Waals surface area contributed by atoms with Gasteiger partial charge in [0.15, 0.2) is 0 Å². The van der Waals surface area contributed by atoms with Crippen LogP contribution in [0.2, 0.25) is 5.02 Å². The fourth-order valence-corrected chi connectivity index (χ4v) is 2.94. The second-order valence-electron chi connectivity index (χ2n) is 4.61. The molecule has 1 aromatic rings. The molecule has 2 aliphatic rings. The van der Waals surface area contributed by atoms with E-state index in [9.17, 15) is 10.1 Å². The molecule has 0 N–H and O–H groups in total. The molecule has 0 saturated carbocycles. The fourth-order valence-electron chi connectivity index (χ4n) is 2.76. The monoisotopic (exact) mass is 269 g/mol. The van der Waals surface area contributed by atoms with E-state index >= 15 is 0 Å². The largest absolute Gasteiger partial charge is 0.464 e. The summed E-state index contributed by atoms with van der Waals surface area (Å²) in [5.41, 5.74) is 0.825. The molecule has 5 nitrogen and oxygen atoms in total. The third-order valence-electron chi connectivity index (χ3n) is 3.56. The van der Waals surface area contributed by atoms with Crippen LogP contribution in [-0.4, -0.2) is 24.4 Å². The molecule has 0 aliphatic carbocycles. The molecule has 96 valence electrons. The van der Waals surface area contributed by atoms with E-state index in [0.717, 1.165) is 12.0 Å². The summed E-state index contributed by atoms with van der Waals surface area (Å²) in [5.74, 6) is 0.505. The Morgan fingerprint density at radius 3 is 3.11 bits per heavy atom. The van der Waals surface area contributed by atoms with Gasteiger partial charge in [0, 0.05) is 21.4 Å². The van der Waals surface area contributed by atoms with Gasteiger partial charge in [-0.1, -0.05) is 11.6 Å². The van der Waals surface area contributed by atoms with E-state index in [1.165, 1.54) is 0 Å². The van der Waals surface area contributed by atoms with Crippen LogP contribution in [0, 0.1) is 16.0 Å². The number of ether oxygens (including phenoxy) is 2. The zero-order valence-corrected chi connectivity index (χ0v) is 10.3. The molecule has 1 fully saturated rings. The molecular weight excluding hydrogens is 258 g/mol. The average molecular weight is 270 g/mol. The number of hydrogen-bond donors (Lipinski definition) is 0. The summed E-state index contributed by atoms with van der Waals surface area (Å²) in [6, 6.07) is 5.24. The van der Waals surface area contributed by atoms with Gasteiger partial charge >= 0.3 is 0 Å². The SMILES string of the molecule is O=[N+]([O-])C[C@@H]1c2cc(Cl)ccc2O[C@@H]2OCC[C@@H]21. The molecule has 3 atom stereocenters. The van der Waals surface area contributed by atoms with E-state index < -0.39 is 0 Å². The average Bonchev–Trinajstić information content (AvgIpc) is 2.77. The lowest BCUT2D eigenvalue weighted by Gasteiger charge is -2.32. The minimum Gasteiger partial charge on any atom is -0.464 e. The van der Waals surface area contributed by atoms with Crippen LogP contribution in [0.25, 0.3) is 0 Å². The highest BCUT2D eigenvalue weighted by Gasteiger charge is 2.44. The van der Waals surface area contributed by atoms with Gasteiger partial charge in [0.2, 0.25) is 12.8 Å². The Labute approximate surface area is 109 Å². The van der Waals surface area contributed by atoms with Crippen molar-refractivity contribution in [3.8, 4) is 5.75 Å². The highest BCUT2D eigenvalue weighted by molar-refractivity contribution is 6.30. The molecule has 1 aromatic carbocycles. The van der Waals surface area contributed by atoms with Crippen molar-refractivity contribution in [2.24, 2.45) is 5.92 Å². The van der Waals surface area contributed by atoms with Crippen LogP contribution in [0.3, 0.4) is 0 Å². The maximum Gasteiger partial charge on any atom is 0.211 e. The smallest absolute Gasteiger partial charge is 0.211 e. The van der Waals surface area contributed by atoms with Crippen LogP contribution < -0.4 is 4.74 Å². The van der Waals surface area contributed by atoms with Gasteiger partial charge in [-0.3, -0.25) is 10.1 Å². The van der Waals surface area contributed by atoms with E-state index in [1.807, 2.05) is 0 Å². The Hall–Kier alpha value is -1.33. The van der Waals surface area contributed by atoms with Gasteiger partial charge < -0.3 is 9.47 Å². The number of fused-ring (bicyclic) bond motifs is 2. The lowest BCUT2D eigenvalue weighted by molar-refractivity contribution is -0.485. The first-order valence-electron chi connectivity index (χ1n) is 5.84. The predicted octanol–water partition coefficient (Wildman–Crippen LogP) is 2.46. The van der Waals surface area contributed by atoms with Crippen LogP contribution in [0.5, 0.6) is 5.75 Å². The second kappa shape index (κ2) is 4.40. The molecule has 0 unspecified atom stereocenters. The Balaban J connectivity index is 2.02. The number of nitro groups is 1. The van der Waals surface area contributed by atoms with Crippen LogP contribution in [0.15, 0.2) is 18.2 Å². The molecule has 0 radical (unpaired) electrons. The lowest BCUT2D eigenvalue weighted by atomic mass is 9.82. The van der Waals surface area contributed by atoms with Crippen molar-refractivity contribution in [1.82, 2.24) is 0 Å². The first-order valence-corrected chi connectivity index (χ1v) is 6.22. The second-order valence-corrected chi connectivity index (χ2v) is 5.05. The number of halogens is 1. The number of hydrogen-bond acceptors (Lipinski definition) is 4. The van der Waals surface area contributed by atoms with Crippen LogP contribution in [-0.2, 0) is 4.74 Å². The van der Waals surface area contributed by atoms with Gasteiger partial charge in [0.05, 0.1) is 12.5 Å². The predicted molar refractivity (Wildman–Crippen MR) is 64.5 cm³/mol. The van der Waals surface area contributed by atoms with Crippen LogP contribution in [0.4, 0.5) is 0 Å². The summed E-state index contributed by atoms with van der Waals surface area (Å²) >= 11 is 5.96. The standard InChI is InChI=1S/C12H12ClNO4/c13-7-1-2-11-9(5-7)10(6-14(15)16)8-3-4-17-12(8)18-11/h1-2,5,8,10,12H,3-4,6H2/t8-,10+,12+/m1/s1. The van der Waals surface area contributed by atoms with Crippen molar-refractivity contribution in [1.29, 1.82) is 0 Å². The molecule has 6 heteroatoms. The third-order valence-corrected chi connectivity index (χ3v) is 3.80. The normalized spacial score (nSPS) is 29.3. The Morgan fingerprint density at radius 1 is 1.50 bits per heavy atom. The zero-order valence-electron chi connectivity index (χ0n) is 9.54. The van der Waals surface area contributed by atoms with Gasteiger partial charge in [0.25, 0.3) is 0 Å². The van der Waals surface area contributed by atoms with Gasteiger partial charge in [-0.2, -0.15) is 0 Å². The first kappa shape index (κ1) is 11.7. The topological polar surface area (TPSA) is 61.6 Å². The van der Waals surface area contributed by atoms with Gasteiger partial charge in [0.1, 0.15) is 5.75 Å². The first-order chi connectivity index (χ1) is 8.65. The molecule has 1 saturated heterocycles. The molecular formula is C12H12ClNO4. The quantitative estimate of drug-likeness (QED) is 0.611. The van der Waals surface area contributed by atoms with Gasteiger partial charge in [-0.25, -0.2) is 0 Å². The Morgan fingerprint density at radius 2 is 2.33 bits per heavy atom. The molecule has 3 rings (SSSR count). The van der Waals surface area contributed by atoms with E-state index in [-0.39, 0.29) is 29.6 Å². The molecule has 0 spiro atoms. The fraction of sp³-hybridized carbons (Fsp3) is 0.500. The van der Waals surface area contributed by atoms with Crippen molar-refractivity contribution < 1.29 is 14.4 Å². The molecule has 0 amide bonds.